The van der Waals surface area contributed by atoms with Crippen LogP contribution in [0.15, 0.2) is 12.4 Å². The monoisotopic (exact) mass is 197 g/mol. The van der Waals surface area contributed by atoms with Crippen LogP contribution in [0, 0.1) is 0 Å². The molecule has 0 radical (unpaired) electrons. The predicted octanol–water partition coefficient (Wildman–Crippen LogP) is -0.330. The maximum absolute atomic E-state index is 8.74. The Labute approximate surface area is 78.2 Å². The van der Waals surface area contributed by atoms with Gasteiger partial charge in [-0.2, -0.15) is 8.75 Å². The molecule has 0 aliphatic carbocycles. The first kappa shape index (κ1) is 8.27. The first-order chi connectivity index (χ1) is 6.38. The zero-order chi connectivity index (χ0) is 9.10. The summed E-state index contributed by atoms with van der Waals surface area (Å²) in [4.78, 5) is 0. The van der Waals surface area contributed by atoms with Gasteiger partial charge in [-0.05, 0) is 0 Å². The first-order valence-electron chi connectivity index (χ1n) is 3.65. The van der Waals surface area contributed by atoms with Crippen LogP contribution >= 0.6 is 11.7 Å². The molecule has 0 atom stereocenters. The van der Waals surface area contributed by atoms with Gasteiger partial charge in [-0.3, -0.25) is 0 Å². The number of aromatic nitrogens is 5. The molecule has 2 rings (SSSR count). The van der Waals surface area contributed by atoms with E-state index in [0.717, 1.165) is 17.4 Å². The minimum Gasteiger partial charge on any atom is -0.390 e. The van der Waals surface area contributed by atoms with E-state index in [1.54, 1.807) is 17.1 Å². The number of aliphatic hydroxyl groups excluding tert-OH is 1. The van der Waals surface area contributed by atoms with Crippen molar-refractivity contribution in [2.24, 2.45) is 0 Å². The van der Waals surface area contributed by atoms with E-state index in [-0.39, 0.29) is 6.61 Å². The Kier molecular flexibility index (Phi) is 2.28. The average Bonchev–Trinajstić information content (AvgIpc) is 2.76. The highest BCUT2D eigenvalue weighted by atomic mass is 32.1. The van der Waals surface area contributed by atoms with Gasteiger partial charge in [-0.15, -0.1) is 5.10 Å². The first-order valence-corrected chi connectivity index (χ1v) is 4.38. The summed E-state index contributed by atoms with van der Waals surface area (Å²) >= 11 is 1.16. The van der Waals surface area contributed by atoms with Gasteiger partial charge in [0.2, 0.25) is 0 Å². The molecule has 0 fully saturated rings. The van der Waals surface area contributed by atoms with Crippen molar-refractivity contribution in [3.05, 3.63) is 23.8 Å². The minimum atomic E-state index is -0.0880. The molecule has 0 spiro atoms. The lowest BCUT2D eigenvalue weighted by Gasteiger charge is -1.92. The van der Waals surface area contributed by atoms with Gasteiger partial charge in [-0.1, -0.05) is 5.21 Å². The zero-order valence-corrected chi connectivity index (χ0v) is 7.48. The lowest BCUT2D eigenvalue weighted by Crippen LogP contribution is -2.00. The molecule has 0 aliphatic rings. The van der Waals surface area contributed by atoms with Crippen molar-refractivity contribution >= 4 is 11.7 Å². The summed E-state index contributed by atoms with van der Waals surface area (Å²) < 4.78 is 9.50. The van der Waals surface area contributed by atoms with Crippen LogP contribution in [0.5, 0.6) is 0 Å². The maximum Gasteiger partial charge on any atom is 0.108 e. The highest BCUT2D eigenvalue weighted by Gasteiger charge is 2.01. The molecule has 0 aromatic carbocycles. The molecule has 2 heterocycles. The Morgan fingerprint density at radius 3 is 3.00 bits per heavy atom. The van der Waals surface area contributed by atoms with E-state index in [0.29, 0.717) is 12.2 Å². The molecule has 68 valence electrons. The van der Waals surface area contributed by atoms with Crippen LogP contribution in [-0.4, -0.2) is 28.8 Å². The molecule has 0 amide bonds. The molecule has 0 aliphatic heterocycles. The van der Waals surface area contributed by atoms with Crippen LogP contribution in [0.4, 0.5) is 0 Å². The van der Waals surface area contributed by atoms with Gasteiger partial charge in [0.15, 0.2) is 0 Å². The Bertz CT molecular complexity index is 370. The second-order valence-corrected chi connectivity index (χ2v) is 3.02. The van der Waals surface area contributed by atoms with E-state index in [2.05, 4.69) is 19.1 Å². The number of rotatable bonds is 3. The SMILES string of the molecule is OCc1cn(Cc2cnsn2)nn1. The van der Waals surface area contributed by atoms with E-state index >= 15 is 0 Å². The molecule has 0 unspecified atom stereocenters. The number of nitrogens with zero attached hydrogens (tertiary/aromatic N) is 5. The molecule has 7 heteroatoms. The van der Waals surface area contributed by atoms with E-state index in [4.69, 9.17) is 5.11 Å². The lowest BCUT2D eigenvalue weighted by atomic mass is 10.4. The Morgan fingerprint density at radius 1 is 1.46 bits per heavy atom. The Morgan fingerprint density at radius 2 is 2.38 bits per heavy atom. The summed E-state index contributed by atoms with van der Waals surface area (Å²) in [6, 6.07) is 0. The fourth-order valence-corrected chi connectivity index (χ4v) is 1.33. The summed E-state index contributed by atoms with van der Waals surface area (Å²) in [6.07, 6.45) is 3.37. The third-order valence-corrected chi connectivity index (χ3v) is 1.99. The third-order valence-electron chi connectivity index (χ3n) is 1.48. The smallest absolute Gasteiger partial charge is 0.108 e. The van der Waals surface area contributed by atoms with Gasteiger partial charge in [0, 0.05) is 0 Å². The largest absolute Gasteiger partial charge is 0.390 e. The standard InChI is InChI=1S/C6H7N5OS/c12-4-6-3-11(10-8-6)2-5-1-7-13-9-5/h1,3,12H,2,4H2. The summed E-state index contributed by atoms with van der Waals surface area (Å²) in [5.41, 5.74) is 1.41. The van der Waals surface area contributed by atoms with E-state index < -0.39 is 0 Å². The van der Waals surface area contributed by atoms with Crippen molar-refractivity contribution in [3.8, 4) is 0 Å². The van der Waals surface area contributed by atoms with Gasteiger partial charge in [0.25, 0.3) is 0 Å². The fourth-order valence-electron chi connectivity index (χ4n) is 0.908. The van der Waals surface area contributed by atoms with Crippen molar-refractivity contribution in [2.45, 2.75) is 13.2 Å². The van der Waals surface area contributed by atoms with Crippen molar-refractivity contribution in [2.75, 3.05) is 0 Å². The molecule has 0 saturated carbocycles. The Balaban J connectivity index is 2.10. The van der Waals surface area contributed by atoms with Gasteiger partial charge in [-0.25, -0.2) is 4.68 Å². The lowest BCUT2D eigenvalue weighted by molar-refractivity contribution is 0.276. The normalized spacial score (nSPS) is 10.5. The second kappa shape index (κ2) is 3.58. The van der Waals surface area contributed by atoms with Gasteiger partial charge in [0.1, 0.15) is 5.69 Å². The molecule has 6 nitrogen and oxygen atoms in total. The molecule has 1 N–H and O–H groups in total. The predicted molar refractivity (Wildman–Crippen MR) is 45.0 cm³/mol. The van der Waals surface area contributed by atoms with Gasteiger partial charge < -0.3 is 5.11 Å². The maximum atomic E-state index is 8.74. The van der Waals surface area contributed by atoms with Crippen LogP contribution in [0.2, 0.25) is 0 Å². The van der Waals surface area contributed by atoms with Gasteiger partial charge >= 0.3 is 0 Å². The van der Waals surface area contributed by atoms with Crippen LogP contribution in [0.1, 0.15) is 11.4 Å². The van der Waals surface area contributed by atoms with Crippen LogP contribution in [0.25, 0.3) is 0 Å². The molecule has 2 aromatic heterocycles. The molecular weight excluding hydrogens is 190 g/mol. The van der Waals surface area contributed by atoms with Crippen LogP contribution in [-0.2, 0) is 13.2 Å². The molecular formula is C6H7N5OS. The zero-order valence-electron chi connectivity index (χ0n) is 6.66. The van der Waals surface area contributed by atoms with Crippen molar-refractivity contribution in [1.29, 1.82) is 0 Å². The Hall–Kier alpha value is -1.34. The third kappa shape index (κ3) is 1.87. The molecule has 0 saturated heterocycles. The van der Waals surface area contributed by atoms with E-state index in [1.807, 2.05) is 0 Å². The summed E-state index contributed by atoms with van der Waals surface area (Å²) in [7, 11) is 0. The number of hydrogen-bond acceptors (Lipinski definition) is 6. The summed E-state index contributed by atoms with van der Waals surface area (Å²) in [5.74, 6) is 0. The van der Waals surface area contributed by atoms with Crippen molar-refractivity contribution < 1.29 is 5.11 Å². The highest BCUT2D eigenvalue weighted by molar-refractivity contribution is 6.99. The molecule has 2 aromatic rings. The van der Waals surface area contributed by atoms with Gasteiger partial charge in [0.05, 0.1) is 43.0 Å². The number of aliphatic hydroxyl groups is 1. The minimum absolute atomic E-state index is 0.0880. The summed E-state index contributed by atoms with van der Waals surface area (Å²) in [5, 5.41) is 16.3. The second-order valence-electron chi connectivity index (χ2n) is 2.46. The average molecular weight is 197 g/mol. The quantitative estimate of drug-likeness (QED) is 0.729. The molecule has 13 heavy (non-hydrogen) atoms. The van der Waals surface area contributed by atoms with Crippen molar-refractivity contribution in [1.82, 2.24) is 23.7 Å². The highest BCUT2D eigenvalue weighted by Crippen LogP contribution is 1.99. The van der Waals surface area contributed by atoms with E-state index in [9.17, 15) is 0 Å². The topological polar surface area (TPSA) is 76.7 Å². The van der Waals surface area contributed by atoms with Crippen LogP contribution < -0.4 is 0 Å². The fraction of sp³-hybridized carbons (Fsp3) is 0.333. The van der Waals surface area contributed by atoms with E-state index in [1.165, 1.54) is 0 Å². The molecule has 0 bridgehead atoms. The summed E-state index contributed by atoms with van der Waals surface area (Å²) in [6.45, 7) is 0.457. The van der Waals surface area contributed by atoms with Crippen molar-refractivity contribution in [3.63, 3.8) is 0 Å². The number of hydrogen-bond donors (Lipinski definition) is 1. The van der Waals surface area contributed by atoms with Crippen LogP contribution in [0.3, 0.4) is 0 Å².